The van der Waals surface area contributed by atoms with Crippen molar-refractivity contribution in [3.8, 4) is 11.1 Å². The van der Waals surface area contributed by atoms with Crippen LogP contribution in [0.1, 0.15) is 118 Å². The van der Waals surface area contributed by atoms with Gasteiger partial charge in [-0.3, -0.25) is 0 Å². The monoisotopic (exact) mass is 752 g/mol. The smallest absolute Gasteiger partial charge is 0.408 e. The van der Waals surface area contributed by atoms with Crippen molar-refractivity contribution in [3.63, 3.8) is 0 Å². The number of esters is 2. The number of nitrogens with one attached hydrogen (secondary N) is 2. The Morgan fingerprint density at radius 3 is 1.43 bits per heavy atom. The number of benzene rings is 2. The number of rotatable bonds is 8. The molecule has 2 saturated carbocycles. The first-order valence-corrected chi connectivity index (χ1v) is 18.8. The highest BCUT2D eigenvalue weighted by atomic mass is 16.6. The summed E-state index contributed by atoms with van der Waals surface area (Å²) < 4.78 is 32.8. The van der Waals surface area contributed by atoms with Crippen molar-refractivity contribution in [2.75, 3.05) is 20.8 Å². The highest BCUT2D eigenvalue weighted by Crippen LogP contribution is 2.45. The first kappa shape index (κ1) is 42.6. The average molecular weight is 753 g/mol. The molecule has 3 aliphatic rings. The predicted molar refractivity (Wildman–Crippen MR) is 204 cm³/mol. The van der Waals surface area contributed by atoms with Gasteiger partial charge in [-0.25, -0.2) is 19.2 Å². The lowest BCUT2D eigenvalue weighted by molar-refractivity contribution is -0.149. The van der Waals surface area contributed by atoms with Crippen molar-refractivity contribution in [3.05, 3.63) is 59.7 Å². The van der Waals surface area contributed by atoms with E-state index >= 15 is 0 Å². The summed E-state index contributed by atoms with van der Waals surface area (Å²) in [6, 6.07) is 16.4. The molecule has 4 unspecified atom stereocenters. The van der Waals surface area contributed by atoms with Gasteiger partial charge in [0.2, 0.25) is 0 Å². The normalized spacial score (nSPS) is 23.6. The summed E-state index contributed by atoms with van der Waals surface area (Å²) >= 11 is 0. The minimum Gasteiger partial charge on any atom is -0.467 e. The molecule has 0 aliphatic heterocycles. The van der Waals surface area contributed by atoms with Crippen LogP contribution in [0.4, 0.5) is 9.59 Å². The first-order valence-electron chi connectivity index (χ1n) is 18.8. The quantitative estimate of drug-likeness (QED) is 0.204. The lowest BCUT2D eigenvalue weighted by atomic mass is 9.97. The summed E-state index contributed by atoms with van der Waals surface area (Å²) in [6.07, 6.45) is 1.54. The van der Waals surface area contributed by atoms with Gasteiger partial charge in [0.15, 0.2) is 0 Å². The minimum atomic E-state index is -1.13. The number of carbonyl (C=O) groups is 4. The number of fused-ring (bicyclic) bond motifs is 3. The van der Waals surface area contributed by atoms with Crippen LogP contribution in [0.25, 0.3) is 11.1 Å². The largest absolute Gasteiger partial charge is 0.467 e. The standard InChI is InChI=1S/C26H31NO5.C16H29NO5/c1-25(2,3)32-17-13-14-26(15-17,23(28)30-4)27-24(29)31-16-22-20-11-7-5-9-18(20)19-10-6-8-12-21(19)22;1-14(2,3)21-11-8-9-16(10-11,12(18)20-7)17-13(19)22-15(4,5)6/h5-12,17,22H,13-16H2,1-4H3,(H,27,29);11H,8-10H2,1-7H3,(H,17,19). The van der Waals surface area contributed by atoms with Crippen LogP contribution >= 0.6 is 0 Å². The number of ether oxygens (including phenoxy) is 6. The molecule has 0 heterocycles. The maximum absolute atomic E-state index is 12.8. The van der Waals surface area contributed by atoms with Crippen LogP contribution in [0.15, 0.2) is 48.5 Å². The topological polar surface area (TPSA) is 148 Å². The molecular weight excluding hydrogens is 692 g/mol. The van der Waals surface area contributed by atoms with Crippen molar-refractivity contribution >= 4 is 24.1 Å². The molecule has 2 amide bonds. The van der Waals surface area contributed by atoms with Crippen LogP contribution in [-0.4, -0.2) is 85.0 Å². The fraction of sp³-hybridized carbons (Fsp3) is 0.619. The van der Waals surface area contributed by atoms with E-state index in [4.69, 9.17) is 28.4 Å². The number of methoxy groups -OCH3 is 2. The Balaban J connectivity index is 0.000000260. The van der Waals surface area contributed by atoms with E-state index in [1.165, 1.54) is 25.3 Å². The minimum absolute atomic E-state index is 0.0391. The van der Waals surface area contributed by atoms with E-state index in [1.54, 1.807) is 20.8 Å². The Bertz CT molecular complexity index is 1610. The molecule has 2 fully saturated rings. The summed E-state index contributed by atoms with van der Waals surface area (Å²) in [6.45, 7) is 17.3. The molecule has 0 aromatic heterocycles. The fourth-order valence-corrected chi connectivity index (χ4v) is 7.62. The van der Waals surface area contributed by atoms with Gasteiger partial charge in [-0.2, -0.15) is 0 Å². The van der Waals surface area contributed by atoms with Crippen LogP contribution in [-0.2, 0) is 38.0 Å². The molecule has 54 heavy (non-hydrogen) atoms. The van der Waals surface area contributed by atoms with Gasteiger partial charge < -0.3 is 39.1 Å². The van der Waals surface area contributed by atoms with Gasteiger partial charge in [0.05, 0.1) is 37.6 Å². The van der Waals surface area contributed by atoms with Crippen molar-refractivity contribution in [1.82, 2.24) is 10.6 Å². The summed E-state index contributed by atoms with van der Waals surface area (Å²) in [7, 11) is 2.65. The molecule has 0 radical (unpaired) electrons. The molecule has 0 bridgehead atoms. The molecule has 12 nitrogen and oxygen atoms in total. The maximum Gasteiger partial charge on any atom is 0.408 e. The van der Waals surface area contributed by atoms with E-state index in [2.05, 4.69) is 34.9 Å². The van der Waals surface area contributed by atoms with Crippen molar-refractivity contribution < 1.29 is 47.6 Å². The van der Waals surface area contributed by atoms with Gasteiger partial charge in [-0.1, -0.05) is 48.5 Å². The first-order chi connectivity index (χ1) is 25.1. The van der Waals surface area contributed by atoms with Crippen LogP contribution in [0, 0.1) is 0 Å². The van der Waals surface area contributed by atoms with Crippen LogP contribution in [0.2, 0.25) is 0 Å². The zero-order valence-electron chi connectivity index (χ0n) is 33.9. The summed E-state index contributed by atoms with van der Waals surface area (Å²) in [5.74, 6) is -0.966. The second kappa shape index (κ2) is 16.7. The van der Waals surface area contributed by atoms with E-state index in [9.17, 15) is 19.2 Å². The fourth-order valence-electron chi connectivity index (χ4n) is 7.62. The molecule has 12 heteroatoms. The van der Waals surface area contributed by atoms with E-state index < -0.39 is 40.8 Å². The van der Waals surface area contributed by atoms with E-state index in [0.717, 1.165) is 11.1 Å². The molecule has 0 spiro atoms. The van der Waals surface area contributed by atoms with Gasteiger partial charge in [-0.05, 0) is 110 Å². The third kappa shape index (κ3) is 11.0. The highest BCUT2D eigenvalue weighted by molar-refractivity contribution is 5.87. The van der Waals surface area contributed by atoms with E-state index in [0.29, 0.717) is 38.5 Å². The molecule has 2 N–H and O–H groups in total. The Morgan fingerprint density at radius 1 is 0.630 bits per heavy atom. The van der Waals surface area contributed by atoms with Gasteiger partial charge >= 0.3 is 24.1 Å². The molecule has 2 aromatic rings. The Morgan fingerprint density at radius 2 is 1.04 bits per heavy atom. The summed E-state index contributed by atoms with van der Waals surface area (Å²) in [5, 5.41) is 5.51. The van der Waals surface area contributed by atoms with Gasteiger partial charge in [-0.15, -0.1) is 0 Å². The van der Waals surface area contributed by atoms with E-state index in [-0.39, 0.29) is 35.9 Å². The number of carbonyl (C=O) groups excluding carboxylic acids is 4. The number of hydrogen-bond donors (Lipinski definition) is 2. The Kier molecular flexibility index (Phi) is 13.2. The number of alkyl carbamates (subject to hydrolysis) is 2. The Labute approximate surface area is 320 Å². The summed E-state index contributed by atoms with van der Waals surface area (Å²) in [4.78, 5) is 49.7. The lowest BCUT2D eigenvalue weighted by Gasteiger charge is -2.30. The van der Waals surface area contributed by atoms with Crippen molar-refractivity contribution in [2.45, 2.75) is 147 Å². The average Bonchev–Trinajstić information content (AvgIpc) is 3.75. The second-order valence-corrected chi connectivity index (χ2v) is 17.4. The van der Waals surface area contributed by atoms with Crippen LogP contribution in [0.3, 0.4) is 0 Å². The van der Waals surface area contributed by atoms with E-state index in [1.807, 2.05) is 65.8 Å². The van der Waals surface area contributed by atoms with Crippen LogP contribution < -0.4 is 10.6 Å². The third-order valence-corrected chi connectivity index (χ3v) is 9.56. The second-order valence-electron chi connectivity index (χ2n) is 17.4. The highest BCUT2D eigenvalue weighted by Gasteiger charge is 2.50. The lowest BCUT2D eigenvalue weighted by Crippen LogP contribution is -2.54. The molecule has 0 saturated heterocycles. The third-order valence-electron chi connectivity index (χ3n) is 9.56. The Hall–Kier alpha value is -4.16. The molecule has 5 rings (SSSR count). The molecule has 3 aliphatic carbocycles. The zero-order chi connectivity index (χ0) is 40.1. The molecule has 2 aromatic carbocycles. The van der Waals surface area contributed by atoms with Crippen molar-refractivity contribution in [1.29, 1.82) is 0 Å². The maximum atomic E-state index is 12.8. The zero-order valence-corrected chi connectivity index (χ0v) is 33.9. The molecular formula is C42H60N2O10. The summed E-state index contributed by atoms with van der Waals surface area (Å²) in [5.41, 5.74) is 1.15. The van der Waals surface area contributed by atoms with Crippen LogP contribution in [0.5, 0.6) is 0 Å². The predicted octanol–water partition coefficient (Wildman–Crippen LogP) is 7.60. The SMILES string of the molecule is COC(=O)C1(NC(=O)OC(C)(C)C)CCC(OC(C)(C)C)C1.COC(=O)C1(NC(=O)OCC2c3ccccc3-c3ccccc32)CCC(OC(C)(C)C)C1. The van der Waals surface area contributed by atoms with Gasteiger partial charge in [0.25, 0.3) is 0 Å². The number of hydrogen-bond acceptors (Lipinski definition) is 10. The van der Waals surface area contributed by atoms with Gasteiger partial charge in [0.1, 0.15) is 23.3 Å². The van der Waals surface area contributed by atoms with Crippen molar-refractivity contribution in [2.24, 2.45) is 0 Å². The number of amides is 2. The molecule has 298 valence electrons. The molecule has 4 atom stereocenters. The van der Waals surface area contributed by atoms with Gasteiger partial charge in [0, 0.05) is 18.8 Å².